The summed E-state index contributed by atoms with van der Waals surface area (Å²) >= 11 is 0. The monoisotopic (exact) mass is 208 g/mol. The molecular weight excluding hydrogens is 196 g/mol. The molecule has 0 radical (unpaired) electrons. The van der Waals surface area contributed by atoms with Crippen LogP contribution in [0.25, 0.3) is 0 Å². The Bertz CT molecular complexity index is 359. The molecule has 4 heteroatoms. The Morgan fingerprint density at radius 1 is 1.47 bits per heavy atom. The Kier molecular flexibility index (Phi) is 3.85. The number of rotatable bonds is 5. The summed E-state index contributed by atoms with van der Waals surface area (Å²) in [5.41, 5.74) is 0.822. The molecular formula is C11H12O4. The maximum atomic E-state index is 10.5. The minimum absolute atomic E-state index is 0.144. The first-order valence-electron chi connectivity index (χ1n) is 4.59. The molecule has 1 aromatic rings. The van der Waals surface area contributed by atoms with Crippen molar-refractivity contribution in [3.8, 4) is 5.75 Å². The maximum Gasteiger partial charge on any atom is 0.313 e. The van der Waals surface area contributed by atoms with E-state index < -0.39 is 11.9 Å². The van der Waals surface area contributed by atoms with Gasteiger partial charge in [0, 0.05) is 0 Å². The van der Waals surface area contributed by atoms with Crippen LogP contribution >= 0.6 is 0 Å². The summed E-state index contributed by atoms with van der Waals surface area (Å²) < 4.78 is 0. The second-order valence-corrected chi connectivity index (χ2v) is 3.29. The quantitative estimate of drug-likeness (QED) is 0.563. The van der Waals surface area contributed by atoms with Gasteiger partial charge in [-0.1, -0.05) is 12.1 Å². The van der Waals surface area contributed by atoms with Crippen molar-refractivity contribution >= 4 is 12.3 Å². The van der Waals surface area contributed by atoms with Crippen LogP contribution in [0.5, 0.6) is 5.75 Å². The van der Waals surface area contributed by atoms with Crippen molar-refractivity contribution in [2.45, 2.75) is 12.8 Å². The van der Waals surface area contributed by atoms with Crippen molar-refractivity contribution in [3.05, 3.63) is 29.8 Å². The highest BCUT2D eigenvalue weighted by Crippen LogP contribution is 2.14. The van der Waals surface area contributed by atoms with Crippen LogP contribution in [0.1, 0.15) is 12.0 Å². The van der Waals surface area contributed by atoms with Crippen molar-refractivity contribution in [3.63, 3.8) is 0 Å². The van der Waals surface area contributed by atoms with E-state index in [2.05, 4.69) is 0 Å². The molecule has 0 fully saturated rings. The Labute approximate surface area is 87.2 Å². The van der Waals surface area contributed by atoms with E-state index in [-0.39, 0.29) is 12.2 Å². The summed E-state index contributed by atoms with van der Waals surface area (Å²) in [4.78, 5) is 20.9. The number of phenols is 1. The number of hydrogen-bond acceptors (Lipinski definition) is 3. The van der Waals surface area contributed by atoms with E-state index in [1.54, 1.807) is 18.2 Å². The molecule has 1 atom stereocenters. The van der Waals surface area contributed by atoms with Gasteiger partial charge >= 0.3 is 5.97 Å². The zero-order valence-electron chi connectivity index (χ0n) is 8.09. The van der Waals surface area contributed by atoms with Crippen LogP contribution in [0.3, 0.4) is 0 Å². The summed E-state index contributed by atoms with van der Waals surface area (Å²) in [6, 6.07) is 6.56. The topological polar surface area (TPSA) is 74.6 Å². The smallest absolute Gasteiger partial charge is 0.313 e. The molecule has 0 saturated carbocycles. The molecule has 0 heterocycles. The van der Waals surface area contributed by atoms with Crippen LogP contribution in [-0.4, -0.2) is 22.5 Å². The van der Waals surface area contributed by atoms with Crippen LogP contribution in [-0.2, 0) is 16.0 Å². The van der Waals surface area contributed by atoms with E-state index in [0.29, 0.717) is 12.7 Å². The lowest BCUT2D eigenvalue weighted by Crippen LogP contribution is -2.15. The molecule has 0 aromatic heterocycles. The number of aliphatic carboxylic acids is 1. The first-order valence-corrected chi connectivity index (χ1v) is 4.59. The third kappa shape index (κ3) is 3.42. The maximum absolute atomic E-state index is 10.5. The highest BCUT2D eigenvalue weighted by molar-refractivity contribution is 5.86. The third-order valence-electron chi connectivity index (χ3n) is 2.14. The molecule has 15 heavy (non-hydrogen) atoms. The van der Waals surface area contributed by atoms with Crippen LogP contribution in [0.15, 0.2) is 24.3 Å². The molecule has 2 N–H and O–H groups in total. The Morgan fingerprint density at radius 2 is 2.20 bits per heavy atom. The van der Waals surface area contributed by atoms with Gasteiger partial charge in [0.15, 0.2) is 0 Å². The van der Waals surface area contributed by atoms with Crippen LogP contribution in [0.2, 0.25) is 0 Å². The minimum atomic E-state index is -1.11. The highest BCUT2D eigenvalue weighted by Gasteiger charge is 2.15. The van der Waals surface area contributed by atoms with Gasteiger partial charge in [-0.25, -0.2) is 0 Å². The fraction of sp³-hybridized carbons (Fsp3) is 0.273. The van der Waals surface area contributed by atoms with E-state index in [4.69, 9.17) is 10.2 Å². The Morgan fingerprint density at radius 3 is 2.73 bits per heavy atom. The second kappa shape index (κ2) is 5.14. The molecule has 1 aromatic carbocycles. The van der Waals surface area contributed by atoms with Crippen molar-refractivity contribution in [1.29, 1.82) is 0 Å². The van der Waals surface area contributed by atoms with Crippen molar-refractivity contribution < 1.29 is 19.8 Å². The average molecular weight is 208 g/mol. The van der Waals surface area contributed by atoms with Gasteiger partial charge in [0.2, 0.25) is 0 Å². The Hall–Kier alpha value is -1.84. The van der Waals surface area contributed by atoms with E-state index >= 15 is 0 Å². The lowest BCUT2D eigenvalue weighted by Gasteiger charge is -2.05. The number of aromatic hydroxyl groups is 1. The average Bonchev–Trinajstić information content (AvgIpc) is 2.18. The summed E-state index contributed by atoms with van der Waals surface area (Å²) in [5, 5.41) is 17.8. The zero-order chi connectivity index (χ0) is 11.3. The van der Waals surface area contributed by atoms with E-state index in [9.17, 15) is 9.59 Å². The van der Waals surface area contributed by atoms with Crippen molar-refractivity contribution in [1.82, 2.24) is 0 Å². The van der Waals surface area contributed by atoms with Gasteiger partial charge in [0.05, 0.1) is 0 Å². The van der Waals surface area contributed by atoms with Gasteiger partial charge in [-0.15, -0.1) is 0 Å². The Balaban J connectivity index is 2.56. The normalized spacial score (nSPS) is 12.0. The van der Waals surface area contributed by atoms with Crippen LogP contribution in [0, 0.1) is 5.92 Å². The van der Waals surface area contributed by atoms with E-state index in [1.807, 2.05) is 0 Å². The minimum Gasteiger partial charge on any atom is -0.508 e. The predicted molar refractivity (Wildman–Crippen MR) is 53.6 cm³/mol. The SMILES string of the molecule is O=CC(CCc1cccc(O)c1)C(=O)O. The summed E-state index contributed by atoms with van der Waals surface area (Å²) in [6.45, 7) is 0. The van der Waals surface area contributed by atoms with Gasteiger partial charge in [0.1, 0.15) is 18.0 Å². The zero-order valence-corrected chi connectivity index (χ0v) is 8.09. The lowest BCUT2D eigenvalue weighted by molar-refractivity contribution is -0.143. The fourth-order valence-corrected chi connectivity index (χ4v) is 1.28. The van der Waals surface area contributed by atoms with Gasteiger partial charge in [-0.05, 0) is 30.5 Å². The number of carbonyl (C=O) groups excluding carboxylic acids is 1. The molecule has 0 aliphatic heterocycles. The first-order chi connectivity index (χ1) is 7.13. The predicted octanol–water partition coefficient (Wildman–Crippen LogP) is 1.22. The van der Waals surface area contributed by atoms with Gasteiger partial charge in [-0.3, -0.25) is 4.79 Å². The van der Waals surface area contributed by atoms with E-state index in [0.717, 1.165) is 5.56 Å². The number of aryl methyl sites for hydroxylation is 1. The number of benzene rings is 1. The third-order valence-corrected chi connectivity index (χ3v) is 2.14. The van der Waals surface area contributed by atoms with Gasteiger partial charge in [-0.2, -0.15) is 0 Å². The van der Waals surface area contributed by atoms with Gasteiger partial charge < -0.3 is 15.0 Å². The number of carbonyl (C=O) groups is 2. The summed E-state index contributed by atoms with van der Waals surface area (Å²) in [6.07, 6.45) is 1.15. The first kappa shape index (κ1) is 11.2. The fourth-order valence-electron chi connectivity index (χ4n) is 1.28. The molecule has 0 spiro atoms. The standard InChI is InChI=1S/C11H12O4/c12-7-9(11(14)15)5-4-8-2-1-3-10(13)6-8/h1-3,6-7,9,13H,4-5H2,(H,14,15). The molecule has 0 amide bonds. The molecule has 0 aliphatic carbocycles. The van der Waals surface area contributed by atoms with E-state index in [1.165, 1.54) is 6.07 Å². The second-order valence-electron chi connectivity index (χ2n) is 3.29. The highest BCUT2D eigenvalue weighted by atomic mass is 16.4. The van der Waals surface area contributed by atoms with Gasteiger partial charge in [0.25, 0.3) is 0 Å². The molecule has 4 nitrogen and oxygen atoms in total. The molecule has 0 saturated heterocycles. The van der Waals surface area contributed by atoms with Crippen molar-refractivity contribution in [2.75, 3.05) is 0 Å². The van der Waals surface area contributed by atoms with Crippen molar-refractivity contribution in [2.24, 2.45) is 5.92 Å². The summed E-state index contributed by atoms with van der Waals surface area (Å²) in [7, 11) is 0. The molecule has 0 aliphatic rings. The summed E-state index contributed by atoms with van der Waals surface area (Å²) in [5.74, 6) is -1.93. The molecule has 1 unspecified atom stereocenters. The number of phenolic OH excluding ortho intramolecular Hbond substituents is 1. The molecule has 0 bridgehead atoms. The van der Waals surface area contributed by atoms with Crippen LogP contribution < -0.4 is 0 Å². The molecule has 80 valence electrons. The lowest BCUT2D eigenvalue weighted by atomic mass is 10.0. The molecule has 1 rings (SSSR count). The number of aldehydes is 1. The van der Waals surface area contributed by atoms with Crippen LogP contribution in [0.4, 0.5) is 0 Å². The largest absolute Gasteiger partial charge is 0.508 e. The number of carboxylic acid groups (broad SMARTS) is 1. The number of carboxylic acids is 1. The number of hydrogen-bond donors (Lipinski definition) is 2.